The lowest BCUT2D eigenvalue weighted by Gasteiger charge is -2.72. The first-order valence-corrected chi connectivity index (χ1v) is 23.4. The molecule has 5 fully saturated rings. The van der Waals surface area contributed by atoms with Crippen molar-refractivity contribution in [3.63, 3.8) is 0 Å². The SMILES string of the molecule is CC1(C)C(C2=CC[C@H](COc3cc(C(N)=O)ccn3)CC2)=CC[C@@]2(C)C1CC[C@]1(C)C2CC[C@@H]2[C@H]3CCC[C@]3(NCCN3CCS(=O)(=O)CC3)CC[C@]21C. The zero-order valence-corrected chi connectivity index (χ0v) is 34.7. The Morgan fingerprint density at radius 3 is 2.48 bits per heavy atom. The number of nitrogens with zero attached hydrogens (tertiary/aromatic N) is 2. The molecule has 0 aromatic carbocycles. The van der Waals surface area contributed by atoms with E-state index in [1.54, 1.807) is 29.5 Å². The number of ether oxygens (including phenoxy) is 1. The minimum Gasteiger partial charge on any atom is -0.477 e. The van der Waals surface area contributed by atoms with Crippen LogP contribution in [0.3, 0.4) is 0 Å². The second kappa shape index (κ2) is 14.0. The van der Waals surface area contributed by atoms with Crippen molar-refractivity contribution in [3.8, 4) is 5.88 Å². The van der Waals surface area contributed by atoms with Crippen molar-refractivity contribution >= 4 is 15.7 Å². The Labute approximate surface area is 325 Å². The topological polar surface area (TPSA) is 115 Å². The maximum atomic E-state index is 12.0. The van der Waals surface area contributed by atoms with Crippen LogP contribution in [-0.2, 0) is 9.84 Å². The number of hydrogen-bond donors (Lipinski definition) is 2. The van der Waals surface area contributed by atoms with Crippen LogP contribution in [-0.4, -0.2) is 74.0 Å². The molecule has 2 heterocycles. The minimum absolute atomic E-state index is 0.149. The van der Waals surface area contributed by atoms with Gasteiger partial charge in [-0.1, -0.05) is 53.2 Å². The van der Waals surface area contributed by atoms with Crippen LogP contribution < -0.4 is 15.8 Å². The lowest BCUT2D eigenvalue weighted by molar-refractivity contribution is -0.218. The third-order valence-electron chi connectivity index (χ3n) is 17.6. The van der Waals surface area contributed by atoms with E-state index in [-0.39, 0.29) is 11.0 Å². The van der Waals surface area contributed by atoms with Gasteiger partial charge in [0.15, 0.2) is 9.84 Å². The average Bonchev–Trinajstić information content (AvgIpc) is 3.56. The zero-order valence-electron chi connectivity index (χ0n) is 33.9. The van der Waals surface area contributed by atoms with Gasteiger partial charge in [-0.15, -0.1) is 0 Å². The molecular weight excluding hydrogens is 693 g/mol. The number of pyridine rings is 1. The first-order chi connectivity index (χ1) is 25.6. The Morgan fingerprint density at radius 2 is 1.74 bits per heavy atom. The second-order valence-electron chi connectivity index (χ2n) is 20.2. The van der Waals surface area contributed by atoms with E-state index < -0.39 is 15.7 Å². The molecule has 298 valence electrons. The smallest absolute Gasteiger partial charge is 0.248 e. The van der Waals surface area contributed by atoms with Crippen LogP contribution in [0.5, 0.6) is 5.88 Å². The normalized spacial score (nSPS) is 41.3. The molecule has 0 spiro atoms. The summed E-state index contributed by atoms with van der Waals surface area (Å²) in [4.78, 5) is 18.3. The van der Waals surface area contributed by atoms with Crippen LogP contribution in [0.1, 0.15) is 128 Å². The molecule has 4 saturated carbocycles. The predicted molar refractivity (Wildman–Crippen MR) is 216 cm³/mol. The van der Waals surface area contributed by atoms with Crippen molar-refractivity contribution in [2.75, 3.05) is 44.3 Å². The molecule has 8 rings (SSSR count). The number of hydrogen-bond acceptors (Lipinski definition) is 7. The van der Waals surface area contributed by atoms with Crippen molar-refractivity contribution in [2.24, 2.45) is 57.0 Å². The van der Waals surface area contributed by atoms with Crippen molar-refractivity contribution in [3.05, 3.63) is 47.2 Å². The number of carbonyl (C=O) groups is 1. The number of nitrogens with one attached hydrogen (secondary N) is 1. The molecule has 3 N–H and O–H groups in total. The summed E-state index contributed by atoms with van der Waals surface area (Å²) >= 11 is 0. The molecule has 6 aliphatic carbocycles. The van der Waals surface area contributed by atoms with Gasteiger partial charge in [-0.05, 0) is 146 Å². The summed E-state index contributed by atoms with van der Waals surface area (Å²) in [5.74, 6) is 4.09. The largest absolute Gasteiger partial charge is 0.477 e. The van der Waals surface area contributed by atoms with Gasteiger partial charge >= 0.3 is 0 Å². The third kappa shape index (κ3) is 6.42. The Kier molecular flexibility index (Phi) is 10.0. The number of allylic oxidation sites excluding steroid dienone is 4. The molecule has 1 aromatic rings. The summed E-state index contributed by atoms with van der Waals surface area (Å²) in [5, 5.41) is 4.19. The molecule has 2 unspecified atom stereocenters. The Hall–Kier alpha value is -2.23. The number of rotatable bonds is 9. The molecule has 0 radical (unpaired) electrons. The van der Waals surface area contributed by atoms with Gasteiger partial charge in [0.25, 0.3) is 0 Å². The van der Waals surface area contributed by atoms with Gasteiger partial charge in [0.1, 0.15) is 0 Å². The zero-order chi connectivity index (χ0) is 38.1. The first kappa shape index (κ1) is 38.6. The summed E-state index contributed by atoms with van der Waals surface area (Å²) in [6.45, 7) is 17.3. The Morgan fingerprint density at radius 1 is 0.944 bits per heavy atom. The molecule has 1 amide bonds. The fourth-order valence-corrected chi connectivity index (χ4v) is 15.9. The van der Waals surface area contributed by atoms with Crippen LogP contribution in [0.25, 0.3) is 0 Å². The van der Waals surface area contributed by atoms with Gasteiger partial charge in [-0.2, -0.15) is 0 Å². The lowest BCUT2D eigenvalue weighted by Crippen LogP contribution is -2.67. The van der Waals surface area contributed by atoms with Gasteiger partial charge in [0, 0.05) is 49.5 Å². The van der Waals surface area contributed by atoms with E-state index in [1.807, 2.05) is 0 Å². The standard InChI is InChI=1S/C45H68N4O4S/c1-41(2)34(32-10-8-31(9-11-32)30-53-39-29-33(40(46)50)16-22-47-39)14-18-42(3)37(41)15-19-44(5)38(42)13-12-35-36-7-6-17-45(36,21-20-43(35,44)4)48-23-24-49-25-27-54(51,52)28-26-49/h10,14,16,22,29,31,35-38,48H,6-9,11-13,15,17-21,23-28,30H2,1-5H3,(H2,46,50)/t31-,35+,36+,37?,38?,42-,43+,44+,45-/m0/s1. The summed E-state index contributed by atoms with van der Waals surface area (Å²) in [6.07, 6.45) is 23.3. The monoisotopic (exact) mass is 760 g/mol. The van der Waals surface area contributed by atoms with Gasteiger partial charge in [0.05, 0.1) is 18.1 Å². The van der Waals surface area contributed by atoms with E-state index >= 15 is 0 Å². The summed E-state index contributed by atoms with van der Waals surface area (Å²) in [7, 11) is -2.84. The number of aromatic nitrogens is 1. The fraction of sp³-hybridized carbons (Fsp3) is 0.778. The highest BCUT2D eigenvalue weighted by Crippen LogP contribution is 2.76. The van der Waals surface area contributed by atoms with E-state index in [0.29, 0.717) is 70.7 Å². The predicted octanol–water partition coefficient (Wildman–Crippen LogP) is 7.75. The van der Waals surface area contributed by atoms with E-state index in [1.165, 1.54) is 64.2 Å². The van der Waals surface area contributed by atoms with E-state index in [2.05, 4.69) is 62.0 Å². The molecule has 1 aliphatic heterocycles. The van der Waals surface area contributed by atoms with E-state index in [4.69, 9.17) is 10.5 Å². The summed E-state index contributed by atoms with van der Waals surface area (Å²) < 4.78 is 30.0. The summed E-state index contributed by atoms with van der Waals surface area (Å²) in [6, 6.07) is 3.27. The number of fused-ring (bicyclic) bond motifs is 7. The number of nitrogens with two attached hydrogens (primary N) is 1. The number of primary amides is 1. The molecule has 1 aromatic heterocycles. The van der Waals surface area contributed by atoms with E-state index in [0.717, 1.165) is 50.1 Å². The second-order valence-corrected chi connectivity index (χ2v) is 22.5. The van der Waals surface area contributed by atoms with Crippen molar-refractivity contribution < 1.29 is 17.9 Å². The number of sulfone groups is 1. The van der Waals surface area contributed by atoms with Gasteiger partial charge in [0.2, 0.25) is 11.8 Å². The highest BCUT2D eigenvalue weighted by Gasteiger charge is 2.69. The molecule has 7 aliphatic rings. The van der Waals surface area contributed by atoms with Crippen LogP contribution in [0, 0.1) is 51.2 Å². The first-order valence-electron chi connectivity index (χ1n) is 21.6. The molecule has 1 saturated heterocycles. The van der Waals surface area contributed by atoms with Gasteiger partial charge in [-0.25, -0.2) is 13.4 Å². The lowest BCUT2D eigenvalue weighted by atomic mass is 9.33. The highest BCUT2D eigenvalue weighted by atomic mass is 32.2. The Bertz CT molecular complexity index is 1780. The number of carbonyl (C=O) groups excluding carboxylic acids is 1. The van der Waals surface area contributed by atoms with Crippen molar-refractivity contribution in [1.82, 2.24) is 15.2 Å². The van der Waals surface area contributed by atoms with Crippen LogP contribution in [0.4, 0.5) is 0 Å². The van der Waals surface area contributed by atoms with Crippen molar-refractivity contribution in [2.45, 2.75) is 124 Å². The van der Waals surface area contributed by atoms with Crippen LogP contribution >= 0.6 is 0 Å². The fourth-order valence-electron chi connectivity index (χ4n) is 14.6. The molecular formula is C45H68N4O4S. The van der Waals surface area contributed by atoms with Gasteiger partial charge < -0.3 is 20.7 Å². The molecule has 0 bridgehead atoms. The van der Waals surface area contributed by atoms with Gasteiger partial charge in [-0.3, -0.25) is 4.79 Å². The maximum absolute atomic E-state index is 12.0. The minimum atomic E-state index is -2.84. The Balaban J connectivity index is 0.939. The molecule has 54 heavy (non-hydrogen) atoms. The molecule has 9 atom stereocenters. The highest BCUT2D eigenvalue weighted by molar-refractivity contribution is 7.91. The molecule has 9 heteroatoms. The summed E-state index contributed by atoms with van der Waals surface area (Å²) in [5.41, 5.74) is 10.5. The average molecular weight is 761 g/mol. The quantitative estimate of drug-likeness (QED) is 0.265. The van der Waals surface area contributed by atoms with Crippen molar-refractivity contribution in [1.29, 1.82) is 0 Å². The molecule has 8 nitrogen and oxygen atoms in total. The van der Waals surface area contributed by atoms with Crippen LogP contribution in [0.2, 0.25) is 0 Å². The van der Waals surface area contributed by atoms with E-state index in [9.17, 15) is 13.2 Å². The number of amides is 1. The maximum Gasteiger partial charge on any atom is 0.248 e. The van der Waals surface area contributed by atoms with Crippen LogP contribution in [0.15, 0.2) is 41.6 Å². The third-order valence-corrected chi connectivity index (χ3v) is 19.2.